The van der Waals surface area contributed by atoms with Crippen molar-refractivity contribution in [3.05, 3.63) is 77.3 Å². The average molecular weight is 346 g/mol. The summed E-state index contributed by atoms with van der Waals surface area (Å²) in [5.41, 5.74) is 3.04. The van der Waals surface area contributed by atoms with Gasteiger partial charge in [-0.1, -0.05) is 23.7 Å². The predicted octanol–water partition coefficient (Wildman–Crippen LogP) is 5.54. The van der Waals surface area contributed by atoms with Gasteiger partial charge in [0.05, 0.1) is 16.6 Å². The second-order valence-corrected chi connectivity index (χ2v) is 5.92. The van der Waals surface area contributed by atoms with Crippen molar-refractivity contribution in [1.29, 1.82) is 5.26 Å². The van der Waals surface area contributed by atoms with Crippen molar-refractivity contribution in [2.24, 2.45) is 0 Å². The molecule has 4 nitrogen and oxygen atoms in total. The summed E-state index contributed by atoms with van der Waals surface area (Å²) < 4.78 is 5.83. The van der Waals surface area contributed by atoms with Gasteiger partial charge in [-0.05, 0) is 48.5 Å². The monoisotopic (exact) mass is 345 g/mol. The van der Waals surface area contributed by atoms with Gasteiger partial charge < -0.3 is 9.40 Å². The van der Waals surface area contributed by atoms with Crippen LogP contribution in [0.1, 0.15) is 11.6 Å². The Morgan fingerprint density at radius 1 is 1.08 bits per heavy atom. The zero-order valence-electron chi connectivity index (χ0n) is 13.0. The van der Waals surface area contributed by atoms with E-state index in [9.17, 15) is 5.26 Å². The maximum Gasteiger partial charge on any atom is 0.149 e. The highest BCUT2D eigenvalue weighted by Crippen LogP contribution is 2.26. The van der Waals surface area contributed by atoms with Crippen LogP contribution in [0, 0.1) is 11.3 Å². The molecule has 1 N–H and O–H groups in total. The van der Waals surface area contributed by atoms with Crippen LogP contribution in [-0.2, 0) is 0 Å². The maximum atomic E-state index is 9.49. The predicted molar refractivity (Wildman–Crippen MR) is 98.7 cm³/mol. The Morgan fingerprint density at radius 3 is 2.64 bits per heavy atom. The number of rotatable bonds is 3. The van der Waals surface area contributed by atoms with Crippen molar-refractivity contribution in [2.75, 3.05) is 0 Å². The number of benzene rings is 2. The van der Waals surface area contributed by atoms with Crippen LogP contribution in [0.2, 0.25) is 5.02 Å². The first-order valence-electron chi connectivity index (χ1n) is 7.65. The van der Waals surface area contributed by atoms with Crippen LogP contribution in [-0.4, -0.2) is 9.97 Å². The summed E-state index contributed by atoms with van der Waals surface area (Å²) in [6.07, 6.45) is 1.68. The van der Waals surface area contributed by atoms with Crippen molar-refractivity contribution in [1.82, 2.24) is 9.97 Å². The lowest BCUT2D eigenvalue weighted by molar-refractivity contribution is 0.572. The van der Waals surface area contributed by atoms with Gasteiger partial charge in [-0.15, -0.1) is 0 Å². The molecule has 120 valence electrons. The molecule has 0 aliphatic carbocycles. The number of allylic oxidation sites excluding steroid dienone is 1. The van der Waals surface area contributed by atoms with Gasteiger partial charge in [-0.25, -0.2) is 4.98 Å². The van der Waals surface area contributed by atoms with E-state index in [4.69, 9.17) is 16.0 Å². The Hall–Kier alpha value is -3.29. The van der Waals surface area contributed by atoms with Crippen LogP contribution in [0.3, 0.4) is 0 Å². The Labute approximate surface area is 149 Å². The molecular weight excluding hydrogens is 334 g/mol. The first kappa shape index (κ1) is 15.3. The fourth-order valence-electron chi connectivity index (χ4n) is 2.58. The largest absolute Gasteiger partial charge is 0.457 e. The van der Waals surface area contributed by atoms with Crippen molar-refractivity contribution in [3.8, 4) is 17.4 Å². The normalized spacial score (nSPS) is 11.6. The minimum atomic E-state index is 0.410. The maximum absolute atomic E-state index is 9.49. The van der Waals surface area contributed by atoms with Gasteiger partial charge in [0.1, 0.15) is 23.4 Å². The van der Waals surface area contributed by atoms with Crippen molar-refractivity contribution in [3.63, 3.8) is 0 Å². The number of imidazole rings is 1. The standard InChI is InChI=1S/C20H12ClN3O/c21-15-7-5-13(6-8-15)19-10-9-16(25-19)11-14(12-22)20-23-17-3-1-2-4-18(17)24-20/h1-11H,(H,23,24)/b14-11+. The van der Waals surface area contributed by atoms with Crippen LogP contribution in [0.5, 0.6) is 0 Å². The van der Waals surface area contributed by atoms with E-state index >= 15 is 0 Å². The number of halogens is 1. The number of hydrogen-bond acceptors (Lipinski definition) is 3. The third kappa shape index (κ3) is 3.06. The molecule has 0 unspecified atom stereocenters. The molecule has 2 aromatic carbocycles. The van der Waals surface area contributed by atoms with Crippen molar-refractivity contribution >= 4 is 34.3 Å². The van der Waals surface area contributed by atoms with Crippen LogP contribution in [0.25, 0.3) is 34.0 Å². The number of nitriles is 1. The Balaban J connectivity index is 1.69. The summed E-state index contributed by atoms with van der Waals surface area (Å²) >= 11 is 5.91. The molecule has 2 aromatic heterocycles. The molecule has 4 rings (SSSR count). The minimum absolute atomic E-state index is 0.410. The molecule has 0 amide bonds. The summed E-state index contributed by atoms with van der Waals surface area (Å²) in [6.45, 7) is 0. The zero-order valence-corrected chi connectivity index (χ0v) is 13.8. The lowest BCUT2D eigenvalue weighted by Gasteiger charge is -1.97. The molecular formula is C20H12ClN3O. The van der Waals surface area contributed by atoms with E-state index in [-0.39, 0.29) is 0 Å². The van der Waals surface area contributed by atoms with Crippen molar-refractivity contribution < 1.29 is 4.42 Å². The lowest BCUT2D eigenvalue weighted by Crippen LogP contribution is -1.84. The molecule has 0 atom stereocenters. The van der Waals surface area contributed by atoms with Crippen LogP contribution < -0.4 is 0 Å². The molecule has 0 bridgehead atoms. The SMILES string of the molecule is N#C/C(=C\c1ccc(-c2ccc(Cl)cc2)o1)c1nc2ccccc2[nH]1. The van der Waals surface area contributed by atoms with Crippen LogP contribution in [0.4, 0.5) is 0 Å². The number of H-pyrrole nitrogens is 1. The molecule has 0 saturated carbocycles. The zero-order chi connectivity index (χ0) is 17.2. The second-order valence-electron chi connectivity index (χ2n) is 5.48. The summed E-state index contributed by atoms with van der Waals surface area (Å²) in [5.74, 6) is 1.82. The number of aromatic nitrogens is 2. The van der Waals surface area contributed by atoms with E-state index in [0.717, 1.165) is 16.6 Å². The van der Waals surface area contributed by atoms with E-state index in [2.05, 4.69) is 16.0 Å². The van der Waals surface area contributed by atoms with E-state index in [1.54, 1.807) is 6.08 Å². The molecule has 0 fully saturated rings. The van der Waals surface area contributed by atoms with Gasteiger partial charge >= 0.3 is 0 Å². The Kier molecular flexibility index (Phi) is 3.85. The summed E-state index contributed by atoms with van der Waals surface area (Å²) in [7, 11) is 0. The van der Waals surface area contributed by atoms with Gasteiger partial charge in [-0.2, -0.15) is 5.26 Å². The summed E-state index contributed by atoms with van der Waals surface area (Å²) in [4.78, 5) is 7.61. The van der Waals surface area contributed by atoms with Gasteiger partial charge in [0.25, 0.3) is 0 Å². The van der Waals surface area contributed by atoms with Crippen LogP contribution >= 0.6 is 11.6 Å². The highest BCUT2D eigenvalue weighted by molar-refractivity contribution is 6.30. The molecule has 0 saturated heterocycles. The van der Waals surface area contributed by atoms with Gasteiger partial charge in [-0.3, -0.25) is 0 Å². The summed E-state index contributed by atoms with van der Waals surface area (Å²) in [6, 6.07) is 20.9. The fraction of sp³-hybridized carbons (Fsp3) is 0. The van der Waals surface area contributed by atoms with Crippen LogP contribution in [0.15, 0.2) is 65.1 Å². The smallest absolute Gasteiger partial charge is 0.149 e. The van der Waals surface area contributed by atoms with E-state index in [0.29, 0.717) is 27.9 Å². The quantitative estimate of drug-likeness (QED) is 0.496. The number of nitrogens with zero attached hydrogens (tertiary/aromatic N) is 2. The highest BCUT2D eigenvalue weighted by Gasteiger charge is 2.10. The van der Waals surface area contributed by atoms with Gasteiger partial charge in [0.15, 0.2) is 0 Å². The second kappa shape index (κ2) is 6.31. The number of hydrogen-bond donors (Lipinski definition) is 1. The Bertz CT molecular complexity index is 1080. The third-order valence-electron chi connectivity index (χ3n) is 3.81. The number of fused-ring (bicyclic) bond motifs is 1. The van der Waals surface area contributed by atoms with Gasteiger partial charge in [0.2, 0.25) is 0 Å². The molecule has 0 radical (unpaired) electrons. The van der Waals surface area contributed by atoms with Crippen molar-refractivity contribution in [2.45, 2.75) is 0 Å². The lowest BCUT2D eigenvalue weighted by atomic mass is 10.2. The molecule has 5 heteroatoms. The first-order chi connectivity index (χ1) is 12.2. The highest BCUT2D eigenvalue weighted by atomic mass is 35.5. The Morgan fingerprint density at radius 2 is 1.88 bits per heavy atom. The molecule has 0 aliphatic heterocycles. The minimum Gasteiger partial charge on any atom is -0.457 e. The number of furan rings is 1. The molecule has 0 spiro atoms. The van der Waals surface area contributed by atoms with E-state index in [1.165, 1.54) is 0 Å². The fourth-order valence-corrected chi connectivity index (χ4v) is 2.70. The number of para-hydroxylation sites is 2. The van der Waals surface area contributed by atoms with E-state index in [1.807, 2.05) is 60.7 Å². The molecule has 0 aliphatic rings. The average Bonchev–Trinajstić information content (AvgIpc) is 3.27. The van der Waals surface area contributed by atoms with E-state index < -0.39 is 0 Å². The first-order valence-corrected chi connectivity index (χ1v) is 8.03. The summed E-state index contributed by atoms with van der Waals surface area (Å²) in [5, 5.41) is 10.2. The molecule has 4 aromatic rings. The molecule has 2 heterocycles. The number of aromatic amines is 1. The third-order valence-corrected chi connectivity index (χ3v) is 4.06. The number of nitrogens with one attached hydrogen (secondary N) is 1. The van der Waals surface area contributed by atoms with Gasteiger partial charge in [0, 0.05) is 16.7 Å². The molecule has 25 heavy (non-hydrogen) atoms. The topological polar surface area (TPSA) is 65.6 Å².